The largest absolute Gasteiger partial charge is 0.468 e. The molecule has 1 aliphatic rings. The lowest BCUT2D eigenvalue weighted by Crippen LogP contribution is -2.32. The van der Waals surface area contributed by atoms with Gasteiger partial charge in [-0.2, -0.15) is 18.2 Å². The minimum atomic E-state index is -4.43. The first-order valence-corrected chi connectivity index (χ1v) is 11.1. The fourth-order valence-corrected chi connectivity index (χ4v) is 2.99. The molecule has 2 aromatic rings. The predicted molar refractivity (Wildman–Crippen MR) is 121 cm³/mol. The number of carbonyl (C=O) groups is 1. The number of ether oxygens (including phenoxy) is 1. The normalized spacial score (nSPS) is 14.7. The Hall–Kier alpha value is -2.88. The Kier molecular flexibility index (Phi) is 10.4. The first-order chi connectivity index (χ1) is 15.7. The van der Waals surface area contributed by atoms with Crippen molar-refractivity contribution in [1.29, 1.82) is 0 Å². The van der Waals surface area contributed by atoms with Crippen LogP contribution in [0.15, 0.2) is 36.7 Å². The number of carbonyl (C=O) groups excluding carboxylic acids is 1. The third kappa shape index (κ3) is 9.65. The number of anilines is 1. The Morgan fingerprint density at radius 2 is 1.82 bits per heavy atom. The maximum absolute atomic E-state index is 12.4. The van der Waals surface area contributed by atoms with E-state index in [2.05, 4.69) is 22.2 Å². The van der Waals surface area contributed by atoms with E-state index in [0.29, 0.717) is 17.4 Å². The third-order valence-corrected chi connectivity index (χ3v) is 5.00. The molecule has 1 fully saturated rings. The van der Waals surface area contributed by atoms with E-state index >= 15 is 0 Å². The maximum Gasteiger partial charge on any atom is 0.422 e. The number of rotatable bonds is 7. The van der Waals surface area contributed by atoms with Crippen molar-refractivity contribution in [2.75, 3.05) is 24.6 Å². The van der Waals surface area contributed by atoms with Crippen molar-refractivity contribution in [2.24, 2.45) is 5.73 Å². The molecule has 2 aromatic heterocycles. The van der Waals surface area contributed by atoms with E-state index in [1.807, 2.05) is 11.8 Å². The average molecular weight is 468 g/mol. The molecule has 1 aliphatic heterocycles. The zero-order chi connectivity index (χ0) is 24.3. The minimum absolute atomic E-state index is 0.0814. The second-order valence-electron chi connectivity index (χ2n) is 7.89. The zero-order valence-electron chi connectivity index (χ0n) is 19.1. The Morgan fingerprint density at radius 1 is 1.18 bits per heavy atom. The van der Waals surface area contributed by atoms with Gasteiger partial charge in [0.25, 0.3) is 5.91 Å². The molecule has 7 nitrogen and oxygen atoms in total. The molecular weight excluding hydrogens is 435 g/mol. The van der Waals surface area contributed by atoms with E-state index in [4.69, 9.17) is 10.5 Å². The molecule has 10 heteroatoms. The van der Waals surface area contributed by atoms with E-state index in [1.165, 1.54) is 18.5 Å². The third-order valence-electron chi connectivity index (χ3n) is 5.00. The van der Waals surface area contributed by atoms with Gasteiger partial charge in [-0.3, -0.25) is 9.78 Å². The van der Waals surface area contributed by atoms with E-state index in [9.17, 15) is 18.0 Å². The van der Waals surface area contributed by atoms with Crippen LogP contribution in [-0.4, -0.2) is 47.8 Å². The monoisotopic (exact) mass is 467 g/mol. The van der Waals surface area contributed by atoms with Gasteiger partial charge in [-0.25, -0.2) is 0 Å². The van der Waals surface area contributed by atoms with Crippen LogP contribution in [-0.2, 0) is 6.54 Å². The Bertz CT molecular complexity index is 857. The standard InChI is InChI=1S/C19H21F3N4O2.C4H11N/c20-19(21,22)13-28-16-5-4-15(17(25-16)26-10-2-1-3-11-26)12-24-18(27)14-6-8-23-9-7-14;1-3-4(2)5/h4-9H,1-3,10-13H2,(H,24,27);4H,3,5H2,1-2H3. The number of hydrogen-bond donors (Lipinski definition) is 2. The fraction of sp³-hybridized carbons (Fsp3) is 0.522. The van der Waals surface area contributed by atoms with Gasteiger partial charge in [0, 0.05) is 55.3 Å². The van der Waals surface area contributed by atoms with E-state index in [1.54, 1.807) is 18.2 Å². The molecule has 1 amide bonds. The molecule has 0 radical (unpaired) electrons. The number of aromatic nitrogens is 2. The topological polar surface area (TPSA) is 93.4 Å². The molecular formula is C23H32F3N5O2. The van der Waals surface area contributed by atoms with Crippen molar-refractivity contribution < 1.29 is 22.7 Å². The molecule has 182 valence electrons. The van der Waals surface area contributed by atoms with Crippen LogP contribution in [0.3, 0.4) is 0 Å². The molecule has 33 heavy (non-hydrogen) atoms. The zero-order valence-corrected chi connectivity index (χ0v) is 19.1. The van der Waals surface area contributed by atoms with Gasteiger partial charge in [0.2, 0.25) is 5.88 Å². The van der Waals surface area contributed by atoms with Crippen LogP contribution in [0, 0.1) is 0 Å². The van der Waals surface area contributed by atoms with Gasteiger partial charge in [0.1, 0.15) is 5.82 Å². The van der Waals surface area contributed by atoms with Crippen molar-refractivity contribution in [1.82, 2.24) is 15.3 Å². The Labute approximate surface area is 192 Å². The van der Waals surface area contributed by atoms with Crippen LogP contribution in [0.25, 0.3) is 0 Å². The molecule has 1 unspecified atom stereocenters. The van der Waals surface area contributed by atoms with Crippen molar-refractivity contribution in [3.63, 3.8) is 0 Å². The summed E-state index contributed by atoms with van der Waals surface area (Å²) in [7, 11) is 0. The highest BCUT2D eigenvalue weighted by Gasteiger charge is 2.29. The summed E-state index contributed by atoms with van der Waals surface area (Å²) in [4.78, 5) is 22.5. The molecule has 0 spiro atoms. The van der Waals surface area contributed by atoms with Gasteiger partial charge in [-0.05, 0) is 50.8 Å². The second-order valence-corrected chi connectivity index (χ2v) is 7.89. The van der Waals surface area contributed by atoms with E-state index < -0.39 is 12.8 Å². The van der Waals surface area contributed by atoms with Gasteiger partial charge in [-0.15, -0.1) is 0 Å². The number of amides is 1. The molecule has 0 aliphatic carbocycles. The highest BCUT2D eigenvalue weighted by atomic mass is 19.4. The van der Waals surface area contributed by atoms with Gasteiger partial charge in [-0.1, -0.05) is 6.92 Å². The quantitative estimate of drug-likeness (QED) is 0.637. The maximum atomic E-state index is 12.4. The second kappa shape index (κ2) is 13.0. The lowest BCUT2D eigenvalue weighted by atomic mass is 10.1. The SMILES string of the molecule is CCC(C)N.O=C(NCc1ccc(OCC(F)(F)F)nc1N1CCCCC1)c1ccncc1. The van der Waals surface area contributed by atoms with Crippen LogP contribution in [0.1, 0.15) is 55.5 Å². The summed E-state index contributed by atoms with van der Waals surface area (Å²) in [6.45, 7) is 4.42. The average Bonchev–Trinajstić information content (AvgIpc) is 2.82. The number of nitrogens with zero attached hydrogens (tertiary/aromatic N) is 3. The van der Waals surface area contributed by atoms with Crippen LogP contribution < -0.4 is 20.7 Å². The Balaban J connectivity index is 0.000000696. The fourth-order valence-electron chi connectivity index (χ4n) is 2.99. The summed E-state index contributed by atoms with van der Waals surface area (Å²) in [5.74, 6) is 0.209. The number of nitrogens with one attached hydrogen (secondary N) is 1. The summed E-state index contributed by atoms with van der Waals surface area (Å²) in [5.41, 5.74) is 6.50. The molecule has 1 saturated heterocycles. The van der Waals surface area contributed by atoms with E-state index in [-0.39, 0.29) is 18.3 Å². The summed E-state index contributed by atoms with van der Waals surface area (Å²) in [5, 5.41) is 2.82. The minimum Gasteiger partial charge on any atom is -0.468 e. The molecule has 0 bridgehead atoms. The lowest BCUT2D eigenvalue weighted by molar-refractivity contribution is -0.154. The number of halogens is 3. The molecule has 0 saturated carbocycles. The van der Waals surface area contributed by atoms with Gasteiger partial charge < -0.3 is 20.7 Å². The van der Waals surface area contributed by atoms with Gasteiger partial charge in [0.05, 0.1) is 0 Å². The number of alkyl halides is 3. The molecule has 3 rings (SSSR count). The highest BCUT2D eigenvalue weighted by molar-refractivity contribution is 5.93. The van der Waals surface area contributed by atoms with Gasteiger partial charge >= 0.3 is 6.18 Å². The van der Waals surface area contributed by atoms with Crippen LogP contribution in [0.4, 0.5) is 19.0 Å². The number of hydrogen-bond acceptors (Lipinski definition) is 6. The van der Waals surface area contributed by atoms with Crippen LogP contribution in [0.5, 0.6) is 5.88 Å². The molecule has 1 atom stereocenters. The van der Waals surface area contributed by atoms with Crippen molar-refractivity contribution >= 4 is 11.7 Å². The number of pyridine rings is 2. The smallest absolute Gasteiger partial charge is 0.422 e. The number of piperidine rings is 1. The Morgan fingerprint density at radius 3 is 2.39 bits per heavy atom. The summed E-state index contributed by atoms with van der Waals surface area (Å²) < 4.78 is 42.1. The lowest BCUT2D eigenvalue weighted by Gasteiger charge is -2.29. The summed E-state index contributed by atoms with van der Waals surface area (Å²) in [6, 6.07) is 6.64. The molecule has 0 aromatic carbocycles. The van der Waals surface area contributed by atoms with Crippen LogP contribution in [0.2, 0.25) is 0 Å². The van der Waals surface area contributed by atoms with E-state index in [0.717, 1.165) is 44.3 Å². The molecule has 3 heterocycles. The highest BCUT2D eigenvalue weighted by Crippen LogP contribution is 2.26. The van der Waals surface area contributed by atoms with Crippen LogP contribution >= 0.6 is 0 Å². The van der Waals surface area contributed by atoms with Crippen molar-refractivity contribution in [2.45, 2.75) is 58.3 Å². The van der Waals surface area contributed by atoms with Gasteiger partial charge in [0.15, 0.2) is 6.61 Å². The number of nitrogens with two attached hydrogens (primary N) is 1. The first-order valence-electron chi connectivity index (χ1n) is 11.1. The summed E-state index contributed by atoms with van der Waals surface area (Å²) in [6.07, 6.45) is 2.79. The first kappa shape index (κ1) is 26.4. The predicted octanol–water partition coefficient (Wildman–Crippen LogP) is 4.08. The van der Waals surface area contributed by atoms with Crippen molar-refractivity contribution in [3.8, 4) is 5.88 Å². The van der Waals surface area contributed by atoms with Crippen molar-refractivity contribution in [3.05, 3.63) is 47.8 Å². The summed E-state index contributed by atoms with van der Waals surface area (Å²) >= 11 is 0. The molecule has 3 N–H and O–H groups in total.